The molecule has 1 amide bonds. The number of halogens is 1. The van der Waals surface area contributed by atoms with Crippen LogP contribution in [0.15, 0.2) is 47.5 Å². The van der Waals surface area contributed by atoms with Crippen molar-refractivity contribution in [3.63, 3.8) is 0 Å². The molecule has 4 rings (SSSR count). The number of nitrogens with zero attached hydrogens (tertiary/aromatic N) is 6. The van der Waals surface area contributed by atoms with E-state index in [1.807, 2.05) is 35.1 Å². The third kappa shape index (κ3) is 4.25. The average molecular weight is 479 g/mol. The van der Waals surface area contributed by atoms with Crippen LogP contribution < -0.4 is 16.3 Å². The van der Waals surface area contributed by atoms with Crippen LogP contribution in [-0.4, -0.2) is 36.9 Å². The average Bonchev–Trinajstić information content (AvgIpc) is 3.45. The third-order valence-corrected chi connectivity index (χ3v) is 5.99. The van der Waals surface area contributed by atoms with Gasteiger partial charge in [-0.2, -0.15) is 10.4 Å². The molecule has 3 aromatic heterocycles. The number of aromatic nitrogens is 5. The number of hydrogen-bond donors (Lipinski definition) is 2. The van der Waals surface area contributed by atoms with Gasteiger partial charge < -0.3 is 10.6 Å². The molecular formula is C23H23ClN8O2. The molecule has 0 fully saturated rings. The van der Waals surface area contributed by atoms with Crippen molar-refractivity contribution in [2.24, 2.45) is 7.05 Å². The number of rotatable bonds is 7. The highest BCUT2D eigenvalue weighted by Gasteiger charge is 2.17. The lowest BCUT2D eigenvalue weighted by molar-refractivity contribution is 0.0958. The fourth-order valence-electron chi connectivity index (χ4n) is 3.81. The summed E-state index contributed by atoms with van der Waals surface area (Å²) in [7, 11) is 3.22. The largest absolute Gasteiger partial charge is 0.354 e. The van der Waals surface area contributed by atoms with E-state index in [0.29, 0.717) is 24.3 Å². The summed E-state index contributed by atoms with van der Waals surface area (Å²) in [6.45, 7) is 2.56. The Morgan fingerprint density at radius 2 is 2.09 bits per heavy atom. The van der Waals surface area contributed by atoms with Gasteiger partial charge in [0.1, 0.15) is 22.5 Å². The second-order valence-electron chi connectivity index (χ2n) is 7.86. The summed E-state index contributed by atoms with van der Waals surface area (Å²) in [5.74, 6) is -0.423. The minimum atomic E-state index is -0.423. The minimum absolute atomic E-state index is 0.0728. The maximum absolute atomic E-state index is 12.9. The molecule has 0 aliphatic heterocycles. The summed E-state index contributed by atoms with van der Waals surface area (Å²) in [5.41, 5.74) is 2.58. The van der Waals surface area contributed by atoms with Gasteiger partial charge in [0, 0.05) is 38.7 Å². The first-order valence-corrected chi connectivity index (χ1v) is 11.0. The van der Waals surface area contributed by atoms with E-state index in [0.717, 1.165) is 11.0 Å². The molecule has 0 spiro atoms. The minimum Gasteiger partial charge on any atom is -0.354 e. The number of pyridine rings is 1. The number of nitrogens with one attached hydrogen (secondary N) is 2. The molecule has 0 bridgehead atoms. The number of amides is 1. The zero-order valence-corrected chi connectivity index (χ0v) is 19.7. The second kappa shape index (κ2) is 9.41. The Balaban J connectivity index is 1.70. The fraction of sp³-hybridized carbons (Fsp3) is 0.261. The van der Waals surface area contributed by atoms with Crippen molar-refractivity contribution in [2.75, 3.05) is 12.4 Å². The van der Waals surface area contributed by atoms with E-state index in [1.165, 1.54) is 13.1 Å². The Hall–Kier alpha value is -4.10. The van der Waals surface area contributed by atoms with Crippen LogP contribution in [0.1, 0.15) is 35.4 Å². The molecule has 0 aliphatic rings. The Bertz CT molecular complexity index is 1460. The number of anilines is 2. The van der Waals surface area contributed by atoms with Gasteiger partial charge in [0.2, 0.25) is 0 Å². The monoisotopic (exact) mass is 478 g/mol. The Kier molecular flexibility index (Phi) is 6.38. The first-order valence-electron chi connectivity index (χ1n) is 10.6. The van der Waals surface area contributed by atoms with E-state index in [1.54, 1.807) is 28.4 Å². The normalized spacial score (nSPS) is 11.9. The molecule has 3 heterocycles. The number of hydrogen-bond acceptors (Lipinski definition) is 6. The summed E-state index contributed by atoms with van der Waals surface area (Å²) in [5, 5.41) is 19.4. The van der Waals surface area contributed by atoms with Crippen molar-refractivity contribution in [2.45, 2.75) is 25.9 Å². The van der Waals surface area contributed by atoms with Crippen LogP contribution >= 0.6 is 11.6 Å². The highest BCUT2D eigenvalue weighted by atomic mass is 35.5. The van der Waals surface area contributed by atoms with Gasteiger partial charge in [0.15, 0.2) is 0 Å². The quantitative estimate of drug-likeness (QED) is 0.393. The molecule has 0 saturated carbocycles. The van der Waals surface area contributed by atoms with Gasteiger partial charge in [-0.05, 0) is 43.7 Å². The number of nitriles is 1. The van der Waals surface area contributed by atoms with E-state index >= 15 is 0 Å². The van der Waals surface area contributed by atoms with E-state index < -0.39 is 5.91 Å². The van der Waals surface area contributed by atoms with E-state index in [-0.39, 0.29) is 28.1 Å². The van der Waals surface area contributed by atoms with Gasteiger partial charge in [0.25, 0.3) is 5.91 Å². The number of aryl methyl sites for hydroxylation is 2. The number of fused-ring (bicyclic) bond motifs is 1. The highest BCUT2D eigenvalue weighted by Crippen LogP contribution is 2.28. The van der Waals surface area contributed by atoms with E-state index in [2.05, 4.69) is 27.6 Å². The molecule has 0 saturated heterocycles. The molecule has 2 N–H and O–H groups in total. The molecule has 174 valence electrons. The lowest BCUT2D eigenvalue weighted by Gasteiger charge is -2.13. The maximum Gasteiger partial charge on any atom is 0.328 e. The highest BCUT2D eigenvalue weighted by molar-refractivity contribution is 6.31. The molecule has 0 unspecified atom stereocenters. The van der Waals surface area contributed by atoms with E-state index in [9.17, 15) is 14.9 Å². The van der Waals surface area contributed by atoms with Gasteiger partial charge in [-0.15, -0.1) is 0 Å². The predicted octanol–water partition coefficient (Wildman–Crippen LogP) is 3.21. The van der Waals surface area contributed by atoms with Crippen LogP contribution in [0.4, 0.5) is 11.4 Å². The van der Waals surface area contributed by atoms with Crippen LogP contribution in [0, 0.1) is 11.3 Å². The van der Waals surface area contributed by atoms with Crippen molar-refractivity contribution in [3.05, 3.63) is 69.6 Å². The molecule has 34 heavy (non-hydrogen) atoms. The standard InChI is InChI=1S/C23H23ClN8O2/c1-14(32-9-4-8-27-32)7-10-31-20-11-15(5-6-19(20)30(3)23(31)34)28-17-12-18(22(33)26-2)29-21(24)16(17)13-25/h4-6,8-9,11-12,14H,7,10H2,1-3H3,(H,26,33)(H,28,29)/t14-/m0/s1. The lowest BCUT2D eigenvalue weighted by atomic mass is 10.2. The second-order valence-corrected chi connectivity index (χ2v) is 8.22. The Morgan fingerprint density at radius 3 is 2.76 bits per heavy atom. The molecule has 4 aromatic rings. The van der Waals surface area contributed by atoms with Crippen LogP contribution in [-0.2, 0) is 13.6 Å². The number of benzene rings is 1. The molecule has 0 radical (unpaired) electrons. The molecule has 1 aromatic carbocycles. The number of carbonyl (C=O) groups is 1. The van der Waals surface area contributed by atoms with Crippen molar-refractivity contribution < 1.29 is 4.79 Å². The van der Waals surface area contributed by atoms with Crippen LogP contribution in [0.3, 0.4) is 0 Å². The number of imidazole rings is 1. The lowest BCUT2D eigenvalue weighted by Crippen LogP contribution is -2.23. The molecule has 0 aliphatic carbocycles. The Labute approximate surface area is 200 Å². The zero-order valence-electron chi connectivity index (χ0n) is 18.9. The smallest absolute Gasteiger partial charge is 0.328 e. The van der Waals surface area contributed by atoms with Gasteiger partial charge in [-0.25, -0.2) is 9.78 Å². The molecule has 11 heteroatoms. The van der Waals surface area contributed by atoms with Crippen molar-refractivity contribution >= 4 is 39.9 Å². The molecular weight excluding hydrogens is 456 g/mol. The maximum atomic E-state index is 12.9. The van der Waals surface area contributed by atoms with Crippen LogP contribution in [0.25, 0.3) is 11.0 Å². The van der Waals surface area contributed by atoms with Gasteiger partial charge in [-0.3, -0.25) is 18.6 Å². The topological polar surface area (TPSA) is 123 Å². The third-order valence-electron chi connectivity index (χ3n) is 5.72. The van der Waals surface area contributed by atoms with Crippen molar-refractivity contribution in [1.82, 2.24) is 29.2 Å². The zero-order chi connectivity index (χ0) is 24.4. The first kappa shape index (κ1) is 23.1. The summed E-state index contributed by atoms with van der Waals surface area (Å²) in [6.07, 6.45) is 4.35. The van der Waals surface area contributed by atoms with Gasteiger partial charge in [-0.1, -0.05) is 11.6 Å². The fourth-order valence-corrected chi connectivity index (χ4v) is 4.05. The van der Waals surface area contributed by atoms with Gasteiger partial charge in [0.05, 0.1) is 22.8 Å². The van der Waals surface area contributed by atoms with Crippen molar-refractivity contribution in [1.29, 1.82) is 5.26 Å². The number of carbonyl (C=O) groups excluding carboxylic acids is 1. The molecule has 1 atom stereocenters. The molecule has 10 nitrogen and oxygen atoms in total. The van der Waals surface area contributed by atoms with E-state index in [4.69, 9.17) is 11.6 Å². The SMILES string of the molecule is CNC(=O)c1cc(Nc2ccc3c(c2)n(CC[C@H](C)n2cccn2)c(=O)n3C)c(C#N)c(Cl)n1. The summed E-state index contributed by atoms with van der Waals surface area (Å²) in [4.78, 5) is 29.0. The Morgan fingerprint density at radius 1 is 1.29 bits per heavy atom. The van der Waals surface area contributed by atoms with Gasteiger partial charge >= 0.3 is 5.69 Å². The first-order chi connectivity index (χ1) is 16.3. The predicted molar refractivity (Wildman–Crippen MR) is 129 cm³/mol. The van der Waals surface area contributed by atoms with Crippen molar-refractivity contribution in [3.8, 4) is 6.07 Å². The summed E-state index contributed by atoms with van der Waals surface area (Å²) in [6, 6.07) is 11.0. The summed E-state index contributed by atoms with van der Waals surface area (Å²) < 4.78 is 5.19. The summed E-state index contributed by atoms with van der Waals surface area (Å²) >= 11 is 6.15. The van der Waals surface area contributed by atoms with Crippen LogP contribution in [0.5, 0.6) is 0 Å². The van der Waals surface area contributed by atoms with Crippen LogP contribution in [0.2, 0.25) is 5.15 Å².